The van der Waals surface area contributed by atoms with Gasteiger partial charge in [-0.05, 0) is 48.5 Å². The van der Waals surface area contributed by atoms with Crippen molar-refractivity contribution in [2.75, 3.05) is 5.75 Å². The van der Waals surface area contributed by atoms with Gasteiger partial charge in [-0.2, -0.15) is 4.68 Å². The number of hydrogen-bond acceptors (Lipinski definition) is 6. The lowest BCUT2D eigenvalue weighted by atomic mass is 10.2. The Hall–Kier alpha value is -2.61. The number of nitrogens with zero attached hydrogens (tertiary/aromatic N) is 4. The van der Waals surface area contributed by atoms with Gasteiger partial charge in [0.2, 0.25) is 11.1 Å². The minimum Gasteiger partial charge on any atom is -0.467 e. The molecule has 1 aromatic carbocycles. The van der Waals surface area contributed by atoms with Crippen LogP contribution in [0.15, 0.2) is 52.2 Å². The second-order valence-electron chi connectivity index (χ2n) is 5.30. The summed E-state index contributed by atoms with van der Waals surface area (Å²) >= 11 is 1.28. The molecule has 124 valence electrons. The van der Waals surface area contributed by atoms with E-state index in [2.05, 4.69) is 20.8 Å². The van der Waals surface area contributed by atoms with Crippen LogP contribution in [-0.4, -0.2) is 31.9 Å². The van der Waals surface area contributed by atoms with Crippen LogP contribution in [0.1, 0.15) is 24.3 Å². The molecule has 0 saturated heterocycles. The van der Waals surface area contributed by atoms with Crippen LogP contribution in [0.5, 0.6) is 0 Å². The van der Waals surface area contributed by atoms with Crippen LogP contribution in [-0.2, 0) is 4.79 Å². The van der Waals surface area contributed by atoms with E-state index in [0.717, 1.165) is 17.0 Å². The fourth-order valence-electron chi connectivity index (χ4n) is 2.14. The molecule has 3 aromatic rings. The highest BCUT2D eigenvalue weighted by Crippen LogP contribution is 2.19. The quantitative estimate of drug-likeness (QED) is 0.692. The number of carbonyl (C=O) groups is 1. The van der Waals surface area contributed by atoms with Crippen LogP contribution < -0.4 is 5.32 Å². The molecule has 0 radical (unpaired) electrons. The molecule has 2 aromatic heterocycles. The molecule has 0 aliphatic heterocycles. The first-order valence-electron chi connectivity index (χ1n) is 7.44. The largest absolute Gasteiger partial charge is 0.467 e. The van der Waals surface area contributed by atoms with Crippen LogP contribution in [0, 0.1) is 6.92 Å². The van der Waals surface area contributed by atoms with Crippen LogP contribution in [0.4, 0.5) is 0 Å². The third-order valence-corrected chi connectivity index (χ3v) is 4.32. The Morgan fingerprint density at radius 2 is 2.12 bits per heavy atom. The van der Waals surface area contributed by atoms with E-state index in [0.29, 0.717) is 5.16 Å². The third-order valence-electron chi connectivity index (χ3n) is 3.40. The number of amides is 1. The van der Waals surface area contributed by atoms with Crippen molar-refractivity contribution in [1.29, 1.82) is 0 Å². The van der Waals surface area contributed by atoms with Crippen molar-refractivity contribution in [3.05, 3.63) is 54.0 Å². The summed E-state index contributed by atoms with van der Waals surface area (Å²) < 4.78 is 6.89. The molecule has 0 aliphatic carbocycles. The van der Waals surface area contributed by atoms with Crippen molar-refractivity contribution < 1.29 is 9.21 Å². The number of aryl methyl sites for hydroxylation is 1. The van der Waals surface area contributed by atoms with E-state index in [1.807, 2.05) is 44.2 Å². The van der Waals surface area contributed by atoms with Gasteiger partial charge in [0.05, 0.1) is 23.7 Å². The van der Waals surface area contributed by atoms with Gasteiger partial charge in [-0.1, -0.05) is 29.5 Å². The van der Waals surface area contributed by atoms with Crippen LogP contribution in [0.25, 0.3) is 5.69 Å². The van der Waals surface area contributed by atoms with Crippen molar-refractivity contribution in [1.82, 2.24) is 25.5 Å². The second-order valence-corrected chi connectivity index (χ2v) is 6.24. The lowest BCUT2D eigenvalue weighted by molar-refractivity contribution is -0.119. The first-order valence-corrected chi connectivity index (χ1v) is 8.43. The maximum Gasteiger partial charge on any atom is 0.231 e. The summed E-state index contributed by atoms with van der Waals surface area (Å²) in [5.41, 5.74) is 2.02. The van der Waals surface area contributed by atoms with Gasteiger partial charge < -0.3 is 9.73 Å². The average molecular weight is 343 g/mol. The molecule has 3 rings (SSSR count). The van der Waals surface area contributed by atoms with Crippen molar-refractivity contribution in [3.63, 3.8) is 0 Å². The average Bonchev–Trinajstić information content (AvgIpc) is 3.25. The van der Waals surface area contributed by atoms with Crippen LogP contribution >= 0.6 is 11.8 Å². The maximum absolute atomic E-state index is 12.1. The van der Waals surface area contributed by atoms with Gasteiger partial charge in [0.15, 0.2) is 0 Å². The molecule has 24 heavy (non-hydrogen) atoms. The summed E-state index contributed by atoms with van der Waals surface area (Å²) in [6.45, 7) is 3.89. The zero-order valence-corrected chi connectivity index (χ0v) is 14.2. The third kappa shape index (κ3) is 3.83. The number of furan rings is 1. The number of benzene rings is 1. The van der Waals surface area contributed by atoms with Gasteiger partial charge >= 0.3 is 0 Å². The van der Waals surface area contributed by atoms with E-state index >= 15 is 0 Å². The van der Waals surface area contributed by atoms with E-state index in [1.165, 1.54) is 11.8 Å². The summed E-state index contributed by atoms with van der Waals surface area (Å²) in [6, 6.07) is 11.3. The fraction of sp³-hybridized carbons (Fsp3) is 0.250. The van der Waals surface area contributed by atoms with Gasteiger partial charge in [-0.3, -0.25) is 4.79 Å². The lowest BCUT2D eigenvalue weighted by Gasteiger charge is -2.11. The van der Waals surface area contributed by atoms with Crippen LogP contribution in [0.2, 0.25) is 0 Å². The molecule has 1 N–H and O–H groups in total. The smallest absolute Gasteiger partial charge is 0.231 e. The Bertz CT molecular complexity index is 798. The number of nitrogens with one attached hydrogen (secondary N) is 1. The Kier molecular flexibility index (Phi) is 4.95. The standard InChI is InChI=1S/C16H17N5O2S/c1-11-5-7-13(8-6-11)21-16(18-19-20-21)24-10-15(22)17-12(2)14-4-3-9-23-14/h3-9,12H,10H2,1-2H3,(H,17,22). The molecule has 1 unspecified atom stereocenters. The molecule has 0 spiro atoms. The molecule has 7 nitrogen and oxygen atoms in total. The Labute approximate surface area is 143 Å². The molecular weight excluding hydrogens is 326 g/mol. The topological polar surface area (TPSA) is 85.8 Å². The molecule has 1 amide bonds. The lowest BCUT2D eigenvalue weighted by Crippen LogP contribution is -2.28. The zero-order valence-electron chi connectivity index (χ0n) is 13.3. The van der Waals surface area contributed by atoms with E-state index in [1.54, 1.807) is 17.0 Å². The maximum atomic E-state index is 12.1. The van der Waals surface area contributed by atoms with E-state index in [-0.39, 0.29) is 17.7 Å². The summed E-state index contributed by atoms with van der Waals surface area (Å²) in [6.07, 6.45) is 1.59. The summed E-state index contributed by atoms with van der Waals surface area (Å²) in [5.74, 6) is 0.831. The van der Waals surface area contributed by atoms with Gasteiger partial charge in [-0.15, -0.1) is 5.10 Å². The van der Waals surface area contributed by atoms with Gasteiger partial charge in [0, 0.05) is 0 Å². The minimum atomic E-state index is -0.179. The van der Waals surface area contributed by atoms with Gasteiger partial charge in [-0.25, -0.2) is 0 Å². The first kappa shape index (κ1) is 16.3. The number of tetrazole rings is 1. The number of aromatic nitrogens is 4. The molecule has 0 saturated carbocycles. The highest BCUT2D eigenvalue weighted by Gasteiger charge is 2.14. The summed E-state index contributed by atoms with van der Waals surface area (Å²) in [7, 11) is 0. The van der Waals surface area contributed by atoms with E-state index in [4.69, 9.17) is 4.42 Å². The molecule has 0 fully saturated rings. The Balaban J connectivity index is 1.60. The predicted octanol–water partition coefficient (Wildman–Crippen LogP) is 2.53. The molecule has 0 aliphatic rings. The predicted molar refractivity (Wildman–Crippen MR) is 89.9 cm³/mol. The molecule has 2 heterocycles. The fourth-order valence-corrected chi connectivity index (χ4v) is 2.84. The van der Waals surface area contributed by atoms with E-state index in [9.17, 15) is 4.79 Å². The highest BCUT2D eigenvalue weighted by atomic mass is 32.2. The summed E-state index contributed by atoms with van der Waals surface area (Å²) in [5, 5.41) is 15.1. The molecule has 8 heteroatoms. The van der Waals surface area contributed by atoms with Crippen molar-refractivity contribution >= 4 is 17.7 Å². The second kappa shape index (κ2) is 7.31. The molecule has 0 bridgehead atoms. The van der Waals surface area contributed by atoms with Crippen molar-refractivity contribution in [2.45, 2.75) is 25.0 Å². The molecular formula is C16H17N5O2S. The summed E-state index contributed by atoms with van der Waals surface area (Å²) in [4.78, 5) is 12.1. The Morgan fingerprint density at radius 1 is 1.33 bits per heavy atom. The number of rotatable bonds is 6. The molecule has 1 atom stereocenters. The number of thioether (sulfide) groups is 1. The zero-order chi connectivity index (χ0) is 16.9. The SMILES string of the molecule is Cc1ccc(-n2nnnc2SCC(=O)NC(C)c2ccco2)cc1. The number of carbonyl (C=O) groups excluding carboxylic acids is 1. The van der Waals surface area contributed by atoms with Crippen molar-refractivity contribution in [2.24, 2.45) is 0 Å². The monoisotopic (exact) mass is 343 g/mol. The van der Waals surface area contributed by atoms with Gasteiger partial charge in [0.25, 0.3) is 0 Å². The highest BCUT2D eigenvalue weighted by molar-refractivity contribution is 7.99. The minimum absolute atomic E-state index is 0.109. The Morgan fingerprint density at radius 3 is 2.83 bits per heavy atom. The van der Waals surface area contributed by atoms with Crippen molar-refractivity contribution in [3.8, 4) is 5.69 Å². The van der Waals surface area contributed by atoms with Crippen LogP contribution in [0.3, 0.4) is 0 Å². The van der Waals surface area contributed by atoms with E-state index < -0.39 is 0 Å². The number of hydrogen-bond donors (Lipinski definition) is 1. The first-order chi connectivity index (χ1) is 11.6. The normalized spacial score (nSPS) is 12.1. The van der Waals surface area contributed by atoms with Gasteiger partial charge in [0.1, 0.15) is 5.76 Å².